The molecule has 0 radical (unpaired) electrons. The largest absolute Gasteiger partial charge is 0.477 e. The standard InChI is InChI=1S/C15H24N2O3/c1-6-19-15(18)12(5)20-14-8-7-11(4)17-13(14)9-16-10(2)3/h7-8,10,12,16H,6,9H2,1-5H3. The van der Waals surface area contributed by atoms with Crippen molar-refractivity contribution in [1.29, 1.82) is 0 Å². The Morgan fingerprint density at radius 1 is 1.35 bits per heavy atom. The van der Waals surface area contributed by atoms with Crippen molar-refractivity contribution < 1.29 is 14.3 Å². The molecule has 112 valence electrons. The van der Waals surface area contributed by atoms with Crippen LogP contribution >= 0.6 is 0 Å². The van der Waals surface area contributed by atoms with Gasteiger partial charge in [0.05, 0.1) is 12.3 Å². The van der Waals surface area contributed by atoms with Gasteiger partial charge >= 0.3 is 5.97 Å². The summed E-state index contributed by atoms with van der Waals surface area (Å²) in [7, 11) is 0. The summed E-state index contributed by atoms with van der Waals surface area (Å²) in [6.45, 7) is 10.5. The van der Waals surface area contributed by atoms with E-state index in [4.69, 9.17) is 9.47 Å². The molecule has 0 spiro atoms. The molecule has 0 saturated carbocycles. The molecule has 0 bridgehead atoms. The molecule has 0 aliphatic carbocycles. The molecule has 1 N–H and O–H groups in total. The number of ether oxygens (including phenoxy) is 2. The molecule has 1 rings (SSSR count). The number of aryl methyl sites for hydroxylation is 1. The maximum absolute atomic E-state index is 11.6. The zero-order valence-corrected chi connectivity index (χ0v) is 12.9. The van der Waals surface area contributed by atoms with E-state index in [-0.39, 0.29) is 5.97 Å². The SMILES string of the molecule is CCOC(=O)C(C)Oc1ccc(C)nc1CNC(C)C. The Balaban J connectivity index is 2.80. The second-order valence-corrected chi connectivity index (χ2v) is 4.95. The summed E-state index contributed by atoms with van der Waals surface area (Å²) in [6.07, 6.45) is -0.641. The van der Waals surface area contributed by atoms with Gasteiger partial charge in [-0.15, -0.1) is 0 Å². The first-order valence-electron chi connectivity index (χ1n) is 6.97. The number of pyridine rings is 1. The van der Waals surface area contributed by atoms with Gasteiger partial charge < -0.3 is 14.8 Å². The number of hydrogen-bond acceptors (Lipinski definition) is 5. The van der Waals surface area contributed by atoms with Crippen LogP contribution in [0.3, 0.4) is 0 Å². The zero-order chi connectivity index (χ0) is 15.1. The molecule has 1 heterocycles. The Bertz CT molecular complexity index is 447. The van der Waals surface area contributed by atoms with E-state index in [0.29, 0.717) is 24.9 Å². The number of aromatic nitrogens is 1. The molecule has 0 fully saturated rings. The Labute approximate surface area is 120 Å². The summed E-state index contributed by atoms with van der Waals surface area (Å²) < 4.78 is 10.6. The van der Waals surface area contributed by atoms with Gasteiger partial charge in [-0.3, -0.25) is 4.98 Å². The second-order valence-electron chi connectivity index (χ2n) is 4.95. The fourth-order valence-electron chi connectivity index (χ4n) is 1.63. The fourth-order valence-corrected chi connectivity index (χ4v) is 1.63. The molecule has 5 heteroatoms. The first-order valence-corrected chi connectivity index (χ1v) is 6.97. The van der Waals surface area contributed by atoms with E-state index in [2.05, 4.69) is 24.1 Å². The van der Waals surface area contributed by atoms with Crippen molar-refractivity contribution in [3.05, 3.63) is 23.5 Å². The normalized spacial score (nSPS) is 12.3. The molecule has 0 saturated heterocycles. The quantitative estimate of drug-likeness (QED) is 0.776. The van der Waals surface area contributed by atoms with E-state index in [1.807, 2.05) is 19.1 Å². The number of esters is 1. The molecule has 1 unspecified atom stereocenters. The molecule has 1 atom stereocenters. The molecule has 0 aliphatic heterocycles. The highest BCUT2D eigenvalue weighted by molar-refractivity contribution is 5.74. The minimum Gasteiger partial charge on any atom is -0.477 e. The number of nitrogens with zero attached hydrogens (tertiary/aromatic N) is 1. The van der Waals surface area contributed by atoms with Crippen molar-refractivity contribution in [1.82, 2.24) is 10.3 Å². The first kappa shape index (κ1) is 16.4. The number of hydrogen-bond donors (Lipinski definition) is 1. The molecule has 0 aliphatic rings. The molecule has 5 nitrogen and oxygen atoms in total. The summed E-state index contributed by atoms with van der Waals surface area (Å²) in [4.78, 5) is 16.1. The third kappa shape index (κ3) is 5.17. The lowest BCUT2D eigenvalue weighted by Crippen LogP contribution is -2.28. The van der Waals surface area contributed by atoms with E-state index in [1.165, 1.54) is 0 Å². The average molecular weight is 280 g/mol. The van der Waals surface area contributed by atoms with Crippen LogP contribution in [0.25, 0.3) is 0 Å². The lowest BCUT2D eigenvalue weighted by molar-refractivity contribution is -0.150. The molecule has 0 amide bonds. The van der Waals surface area contributed by atoms with E-state index in [1.54, 1.807) is 13.8 Å². The van der Waals surface area contributed by atoms with Crippen molar-refractivity contribution in [3.8, 4) is 5.75 Å². The van der Waals surface area contributed by atoms with Crippen molar-refractivity contribution >= 4 is 5.97 Å². The van der Waals surface area contributed by atoms with Gasteiger partial charge in [0.2, 0.25) is 0 Å². The van der Waals surface area contributed by atoms with Crippen molar-refractivity contribution in [2.45, 2.75) is 53.3 Å². The predicted molar refractivity (Wildman–Crippen MR) is 77.7 cm³/mol. The Hall–Kier alpha value is -1.62. The van der Waals surface area contributed by atoms with Gasteiger partial charge in [0.15, 0.2) is 6.10 Å². The predicted octanol–water partition coefficient (Wildman–Crippen LogP) is 2.22. The third-order valence-corrected chi connectivity index (χ3v) is 2.67. The fraction of sp³-hybridized carbons (Fsp3) is 0.600. The summed E-state index contributed by atoms with van der Waals surface area (Å²) in [6, 6.07) is 4.06. The maximum Gasteiger partial charge on any atom is 0.347 e. The topological polar surface area (TPSA) is 60.5 Å². The molecule has 1 aromatic rings. The Kier molecular flexibility index (Phi) is 6.45. The van der Waals surface area contributed by atoms with Crippen LogP contribution in [0.5, 0.6) is 5.75 Å². The molecular weight excluding hydrogens is 256 g/mol. The van der Waals surface area contributed by atoms with Crippen LogP contribution in [0, 0.1) is 6.92 Å². The van der Waals surface area contributed by atoms with Crippen LogP contribution in [-0.4, -0.2) is 29.7 Å². The van der Waals surface area contributed by atoms with Gasteiger partial charge in [0.25, 0.3) is 0 Å². The number of carbonyl (C=O) groups is 1. The van der Waals surface area contributed by atoms with E-state index in [9.17, 15) is 4.79 Å². The van der Waals surface area contributed by atoms with Crippen LogP contribution in [0.15, 0.2) is 12.1 Å². The Morgan fingerprint density at radius 2 is 2.05 bits per heavy atom. The summed E-state index contributed by atoms with van der Waals surface area (Å²) >= 11 is 0. The van der Waals surface area contributed by atoms with Gasteiger partial charge in [-0.05, 0) is 32.9 Å². The van der Waals surface area contributed by atoms with Gasteiger partial charge in [-0.25, -0.2) is 4.79 Å². The van der Waals surface area contributed by atoms with E-state index in [0.717, 1.165) is 11.4 Å². The summed E-state index contributed by atoms with van der Waals surface area (Å²) in [5.74, 6) is 0.250. The maximum atomic E-state index is 11.6. The van der Waals surface area contributed by atoms with Crippen molar-refractivity contribution in [3.63, 3.8) is 0 Å². The molecule has 1 aromatic heterocycles. The Morgan fingerprint density at radius 3 is 2.65 bits per heavy atom. The lowest BCUT2D eigenvalue weighted by Gasteiger charge is -2.17. The van der Waals surface area contributed by atoms with Crippen molar-refractivity contribution in [2.75, 3.05) is 6.61 Å². The number of nitrogens with one attached hydrogen (secondary N) is 1. The van der Waals surface area contributed by atoms with E-state index < -0.39 is 6.10 Å². The van der Waals surface area contributed by atoms with Crippen LogP contribution in [0.1, 0.15) is 39.1 Å². The van der Waals surface area contributed by atoms with Crippen LogP contribution in [0.4, 0.5) is 0 Å². The minimum atomic E-state index is -0.641. The molecule has 0 aromatic carbocycles. The lowest BCUT2D eigenvalue weighted by atomic mass is 10.2. The van der Waals surface area contributed by atoms with E-state index >= 15 is 0 Å². The highest BCUT2D eigenvalue weighted by Crippen LogP contribution is 2.19. The van der Waals surface area contributed by atoms with Crippen LogP contribution in [0.2, 0.25) is 0 Å². The number of rotatable bonds is 7. The number of carbonyl (C=O) groups excluding carboxylic acids is 1. The third-order valence-electron chi connectivity index (χ3n) is 2.67. The summed E-state index contributed by atoms with van der Waals surface area (Å²) in [5.41, 5.74) is 1.72. The average Bonchev–Trinajstić information content (AvgIpc) is 2.39. The minimum absolute atomic E-state index is 0.348. The molecule has 20 heavy (non-hydrogen) atoms. The van der Waals surface area contributed by atoms with Crippen LogP contribution in [-0.2, 0) is 16.1 Å². The monoisotopic (exact) mass is 280 g/mol. The van der Waals surface area contributed by atoms with Gasteiger partial charge in [-0.2, -0.15) is 0 Å². The van der Waals surface area contributed by atoms with Crippen molar-refractivity contribution in [2.24, 2.45) is 0 Å². The summed E-state index contributed by atoms with van der Waals surface area (Å²) in [5, 5.41) is 3.30. The first-order chi connectivity index (χ1) is 9.43. The zero-order valence-electron chi connectivity index (χ0n) is 12.9. The highest BCUT2D eigenvalue weighted by Gasteiger charge is 2.18. The van der Waals surface area contributed by atoms with Gasteiger partial charge in [0.1, 0.15) is 5.75 Å². The second kappa shape index (κ2) is 7.85. The van der Waals surface area contributed by atoms with Gasteiger partial charge in [0, 0.05) is 18.3 Å². The van der Waals surface area contributed by atoms with Crippen LogP contribution < -0.4 is 10.1 Å². The highest BCUT2D eigenvalue weighted by atomic mass is 16.6. The van der Waals surface area contributed by atoms with Gasteiger partial charge in [-0.1, -0.05) is 13.8 Å². The smallest absolute Gasteiger partial charge is 0.347 e. The molecular formula is C15H24N2O3.